The third-order valence-corrected chi connectivity index (χ3v) is 2.75. The van der Waals surface area contributed by atoms with Crippen molar-refractivity contribution in [1.82, 2.24) is 15.0 Å². The lowest BCUT2D eigenvalue weighted by atomic mass is 10.2. The Labute approximate surface area is 113 Å². The first-order valence-electron chi connectivity index (χ1n) is 5.55. The van der Waals surface area contributed by atoms with Gasteiger partial charge in [-0.25, -0.2) is 9.37 Å². The van der Waals surface area contributed by atoms with Crippen molar-refractivity contribution in [3.05, 3.63) is 34.3 Å². The molecule has 0 bridgehead atoms. The molecule has 2 N–H and O–H groups in total. The van der Waals surface area contributed by atoms with Crippen molar-refractivity contribution < 1.29 is 4.39 Å². The van der Waals surface area contributed by atoms with Gasteiger partial charge in [0, 0.05) is 16.5 Å². The van der Waals surface area contributed by atoms with Crippen molar-refractivity contribution in [2.75, 3.05) is 5.73 Å². The molecule has 0 spiro atoms. The number of aromatic nitrogens is 3. The van der Waals surface area contributed by atoms with Gasteiger partial charge in [0.05, 0.1) is 0 Å². The van der Waals surface area contributed by atoms with Gasteiger partial charge in [-0.2, -0.15) is 9.97 Å². The summed E-state index contributed by atoms with van der Waals surface area (Å²) < 4.78 is 14.0. The zero-order chi connectivity index (χ0) is 13.1. The molecule has 0 saturated carbocycles. The van der Waals surface area contributed by atoms with Crippen molar-refractivity contribution in [3.8, 4) is 11.4 Å². The molecule has 1 heterocycles. The van der Waals surface area contributed by atoms with Crippen LogP contribution in [0.4, 0.5) is 10.3 Å². The smallest absolute Gasteiger partial charge is 0.223 e. The zero-order valence-corrected chi connectivity index (χ0v) is 11.4. The van der Waals surface area contributed by atoms with Gasteiger partial charge in [-0.3, -0.25) is 0 Å². The van der Waals surface area contributed by atoms with E-state index in [0.29, 0.717) is 21.7 Å². The number of benzene rings is 1. The van der Waals surface area contributed by atoms with Crippen molar-refractivity contribution >= 4 is 21.9 Å². The Kier molecular flexibility index (Phi) is 3.86. The van der Waals surface area contributed by atoms with Gasteiger partial charge in [0.15, 0.2) is 5.82 Å². The third-order valence-electron chi connectivity index (χ3n) is 2.29. The normalized spacial score (nSPS) is 10.6. The van der Waals surface area contributed by atoms with Crippen LogP contribution in [0.2, 0.25) is 0 Å². The zero-order valence-electron chi connectivity index (χ0n) is 9.82. The van der Waals surface area contributed by atoms with Crippen LogP contribution in [0.5, 0.6) is 0 Å². The maximum absolute atomic E-state index is 13.3. The molecule has 0 saturated heterocycles. The summed E-state index contributed by atoms with van der Waals surface area (Å²) in [6.07, 6.45) is 1.63. The van der Waals surface area contributed by atoms with E-state index < -0.39 is 0 Å². The Morgan fingerprint density at radius 3 is 2.67 bits per heavy atom. The average Bonchev–Trinajstić information content (AvgIpc) is 2.27. The molecule has 6 heteroatoms. The molecule has 2 aromatic rings. The highest BCUT2D eigenvalue weighted by atomic mass is 79.9. The molecule has 0 aliphatic carbocycles. The van der Waals surface area contributed by atoms with E-state index in [9.17, 15) is 4.39 Å². The number of hydrogen-bond donors (Lipinski definition) is 1. The monoisotopic (exact) mass is 310 g/mol. The molecule has 0 aliphatic rings. The van der Waals surface area contributed by atoms with Gasteiger partial charge in [0.1, 0.15) is 11.6 Å². The molecule has 0 atom stereocenters. The van der Waals surface area contributed by atoms with Gasteiger partial charge in [0.25, 0.3) is 0 Å². The molecule has 0 radical (unpaired) electrons. The summed E-state index contributed by atoms with van der Waals surface area (Å²) in [6, 6.07) is 4.49. The Morgan fingerprint density at radius 1 is 1.22 bits per heavy atom. The molecular formula is C12H12BrFN4. The van der Waals surface area contributed by atoms with E-state index in [1.807, 2.05) is 6.92 Å². The summed E-state index contributed by atoms with van der Waals surface area (Å²) in [5, 5.41) is 0. The fourth-order valence-corrected chi connectivity index (χ4v) is 2.05. The Hall–Kier alpha value is -1.56. The Bertz CT molecular complexity index is 554. The number of anilines is 1. The number of aryl methyl sites for hydroxylation is 1. The second-order valence-corrected chi connectivity index (χ2v) is 4.76. The third kappa shape index (κ3) is 3.01. The van der Waals surface area contributed by atoms with Crippen molar-refractivity contribution in [3.63, 3.8) is 0 Å². The van der Waals surface area contributed by atoms with Gasteiger partial charge in [-0.1, -0.05) is 22.9 Å². The van der Waals surface area contributed by atoms with Crippen LogP contribution in [0.25, 0.3) is 11.4 Å². The van der Waals surface area contributed by atoms with Crippen LogP contribution >= 0.6 is 15.9 Å². The van der Waals surface area contributed by atoms with Crippen molar-refractivity contribution in [2.45, 2.75) is 19.8 Å². The minimum Gasteiger partial charge on any atom is -0.368 e. The van der Waals surface area contributed by atoms with Crippen LogP contribution in [-0.4, -0.2) is 15.0 Å². The van der Waals surface area contributed by atoms with E-state index in [0.717, 1.165) is 12.8 Å². The second-order valence-electron chi connectivity index (χ2n) is 3.84. The average molecular weight is 311 g/mol. The minimum atomic E-state index is -0.351. The lowest BCUT2D eigenvalue weighted by molar-refractivity contribution is 0.627. The fourth-order valence-electron chi connectivity index (χ4n) is 1.59. The highest BCUT2D eigenvalue weighted by Gasteiger charge is 2.08. The van der Waals surface area contributed by atoms with Crippen LogP contribution in [0, 0.1) is 5.82 Å². The highest BCUT2D eigenvalue weighted by molar-refractivity contribution is 9.10. The maximum atomic E-state index is 13.3. The number of nitrogens with two attached hydrogens (primary N) is 1. The quantitative estimate of drug-likeness (QED) is 0.946. The van der Waals surface area contributed by atoms with Gasteiger partial charge >= 0.3 is 0 Å². The largest absolute Gasteiger partial charge is 0.368 e. The standard InChI is InChI=1S/C12H12BrFN4/c1-2-3-10-16-11(18-12(15)17-10)7-4-8(13)6-9(14)5-7/h4-6H,2-3H2,1H3,(H2,15,16,17,18). The summed E-state index contributed by atoms with van der Waals surface area (Å²) in [5.74, 6) is 0.825. The van der Waals surface area contributed by atoms with E-state index >= 15 is 0 Å². The summed E-state index contributed by atoms with van der Waals surface area (Å²) in [7, 11) is 0. The van der Waals surface area contributed by atoms with Crippen LogP contribution in [0.15, 0.2) is 22.7 Å². The SMILES string of the molecule is CCCc1nc(N)nc(-c2cc(F)cc(Br)c2)n1. The summed E-state index contributed by atoms with van der Waals surface area (Å²) in [4.78, 5) is 12.4. The number of rotatable bonds is 3. The topological polar surface area (TPSA) is 64.7 Å². The van der Waals surface area contributed by atoms with E-state index in [-0.39, 0.29) is 11.8 Å². The van der Waals surface area contributed by atoms with Gasteiger partial charge in [0.2, 0.25) is 5.95 Å². The van der Waals surface area contributed by atoms with Crippen LogP contribution in [0.3, 0.4) is 0 Å². The Morgan fingerprint density at radius 2 is 2.00 bits per heavy atom. The first-order chi connectivity index (χ1) is 8.58. The fraction of sp³-hybridized carbons (Fsp3) is 0.250. The lowest BCUT2D eigenvalue weighted by Gasteiger charge is -2.05. The number of hydrogen-bond acceptors (Lipinski definition) is 4. The molecule has 18 heavy (non-hydrogen) atoms. The minimum absolute atomic E-state index is 0.156. The van der Waals surface area contributed by atoms with Crippen molar-refractivity contribution in [2.24, 2.45) is 0 Å². The molecule has 4 nitrogen and oxygen atoms in total. The molecule has 1 aromatic carbocycles. The Balaban J connectivity index is 2.49. The van der Waals surface area contributed by atoms with Crippen LogP contribution < -0.4 is 5.73 Å². The number of nitrogen functional groups attached to an aromatic ring is 1. The first-order valence-corrected chi connectivity index (χ1v) is 6.34. The predicted octanol–water partition coefficient (Wildman–Crippen LogP) is 2.97. The van der Waals surface area contributed by atoms with E-state index in [4.69, 9.17) is 5.73 Å². The van der Waals surface area contributed by atoms with E-state index in [1.54, 1.807) is 6.07 Å². The molecule has 0 fully saturated rings. The maximum Gasteiger partial charge on any atom is 0.223 e. The molecule has 0 amide bonds. The molecule has 94 valence electrons. The summed E-state index contributed by atoms with van der Waals surface area (Å²) in [5.41, 5.74) is 6.21. The molecular weight excluding hydrogens is 299 g/mol. The molecule has 2 rings (SSSR count). The van der Waals surface area contributed by atoms with Crippen molar-refractivity contribution in [1.29, 1.82) is 0 Å². The van der Waals surface area contributed by atoms with Gasteiger partial charge < -0.3 is 5.73 Å². The molecule has 0 unspecified atom stereocenters. The summed E-state index contributed by atoms with van der Waals surface area (Å²) >= 11 is 3.24. The number of halogens is 2. The van der Waals surface area contributed by atoms with Gasteiger partial charge in [-0.15, -0.1) is 0 Å². The summed E-state index contributed by atoms with van der Waals surface area (Å²) in [6.45, 7) is 2.03. The molecule has 1 aromatic heterocycles. The van der Waals surface area contributed by atoms with E-state index in [1.165, 1.54) is 12.1 Å². The predicted molar refractivity (Wildman–Crippen MR) is 71.3 cm³/mol. The second kappa shape index (κ2) is 5.39. The first kappa shape index (κ1) is 12.9. The number of nitrogens with zero attached hydrogens (tertiary/aromatic N) is 3. The highest BCUT2D eigenvalue weighted by Crippen LogP contribution is 2.22. The molecule has 0 aliphatic heterocycles. The van der Waals surface area contributed by atoms with E-state index in [2.05, 4.69) is 30.9 Å². The van der Waals surface area contributed by atoms with Crippen LogP contribution in [0.1, 0.15) is 19.2 Å². The van der Waals surface area contributed by atoms with Crippen LogP contribution in [-0.2, 0) is 6.42 Å². The lowest BCUT2D eigenvalue weighted by Crippen LogP contribution is -2.05. The van der Waals surface area contributed by atoms with Gasteiger partial charge in [-0.05, 0) is 24.6 Å².